The molecule has 0 spiro atoms. The number of aromatic nitrogens is 1. The molecule has 0 aliphatic rings. The van der Waals surface area contributed by atoms with E-state index in [2.05, 4.69) is 15.8 Å². The number of Topliss-reactive ketones (excluding diaryl/α,β-unsaturated/α-hetero) is 2. The lowest BCUT2D eigenvalue weighted by molar-refractivity contribution is -0.133. The van der Waals surface area contributed by atoms with Gasteiger partial charge in [0, 0.05) is 39.5 Å². The number of hydrogen-bond donors (Lipinski definition) is 2. The highest BCUT2D eigenvalue weighted by Crippen LogP contribution is 2.20. The molecule has 0 unspecified atom stereocenters. The average molecular weight is 494 g/mol. The first kappa shape index (κ1) is 26.7. The van der Waals surface area contributed by atoms with Gasteiger partial charge >= 0.3 is 0 Å². The van der Waals surface area contributed by atoms with Crippen molar-refractivity contribution < 1.29 is 28.4 Å². The Morgan fingerprint density at radius 3 is 2.50 bits per heavy atom. The molecule has 0 aliphatic heterocycles. The van der Waals surface area contributed by atoms with Gasteiger partial charge in [-0.3, -0.25) is 19.2 Å². The minimum absolute atomic E-state index is 0.0246. The number of amides is 2. The molecule has 36 heavy (non-hydrogen) atoms. The number of hydrogen-bond acceptors (Lipinski definition) is 7. The van der Waals surface area contributed by atoms with Crippen molar-refractivity contribution in [1.82, 2.24) is 15.8 Å². The molecule has 9 heteroatoms. The molecule has 190 valence electrons. The summed E-state index contributed by atoms with van der Waals surface area (Å²) >= 11 is 0. The van der Waals surface area contributed by atoms with E-state index in [4.69, 9.17) is 9.26 Å². The molecule has 3 rings (SSSR count). The number of aryl methyl sites for hydroxylation is 2. The van der Waals surface area contributed by atoms with Crippen molar-refractivity contribution in [3.8, 4) is 0 Å². The zero-order valence-corrected chi connectivity index (χ0v) is 20.7. The van der Waals surface area contributed by atoms with Crippen LogP contribution in [0.3, 0.4) is 0 Å². The fourth-order valence-corrected chi connectivity index (χ4v) is 4.02. The normalized spacial score (nSPS) is 12.6. The third kappa shape index (κ3) is 7.08. The fourth-order valence-electron chi connectivity index (χ4n) is 4.02. The van der Waals surface area contributed by atoms with Crippen molar-refractivity contribution in [3.05, 3.63) is 65.5 Å². The maximum absolute atomic E-state index is 13.1. The molecule has 0 fully saturated rings. The average Bonchev–Trinajstić information content (AvgIpc) is 3.32. The van der Waals surface area contributed by atoms with E-state index in [0.29, 0.717) is 12.2 Å². The zero-order chi connectivity index (χ0) is 26.1. The van der Waals surface area contributed by atoms with Gasteiger partial charge in [-0.25, -0.2) is 0 Å². The Morgan fingerprint density at radius 1 is 1.06 bits per heavy atom. The minimum atomic E-state index is -0.986. The largest absolute Gasteiger partial charge is 0.382 e. The predicted octanol–water partition coefficient (Wildman–Crippen LogP) is 2.79. The van der Waals surface area contributed by atoms with E-state index in [1.54, 1.807) is 6.92 Å². The minimum Gasteiger partial charge on any atom is -0.382 e. The molecule has 9 nitrogen and oxygen atoms in total. The van der Waals surface area contributed by atoms with Crippen LogP contribution in [0, 0.1) is 12.8 Å². The maximum atomic E-state index is 13.1. The maximum Gasteiger partial charge on any atom is 0.224 e. The second-order valence-electron chi connectivity index (χ2n) is 8.65. The summed E-state index contributed by atoms with van der Waals surface area (Å²) in [5.41, 5.74) is 1.12. The zero-order valence-electron chi connectivity index (χ0n) is 20.7. The van der Waals surface area contributed by atoms with E-state index >= 15 is 0 Å². The number of nitrogens with one attached hydrogen (secondary N) is 2. The van der Waals surface area contributed by atoms with Crippen LogP contribution < -0.4 is 10.6 Å². The highest BCUT2D eigenvalue weighted by molar-refractivity contribution is 5.99. The van der Waals surface area contributed by atoms with Crippen LogP contribution in [0.2, 0.25) is 0 Å². The molecule has 2 atom stereocenters. The molecule has 0 radical (unpaired) electrons. The molecule has 0 bridgehead atoms. The van der Waals surface area contributed by atoms with Crippen molar-refractivity contribution in [2.75, 3.05) is 20.8 Å². The summed E-state index contributed by atoms with van der Waals surface area (Å²) < 4.78 is 10.1. The number of nitrogens with zero attached hydrogens (tertiary/aromatic N) is 1. The fraction of sp³-hybridized carbons (Fsp3) is 0.370. The number of fused-ring (bicyclic) bond motifs is 1. The van der Waals surface area contributed by atoms with E-state index in [0.717, 1.165) is 16.3 Å². The van der Waals surface area contributed by atoms with Crippen molar-refractivity contribution in [2.45, 2.75) is 38.6 Å². The molecule has 2 aromatic carbocycles. The summed E-state index contributed by atoms with van der Waals surface area (Å²) in [6.45, 7) is 1.63. The van der Waals surface area contributed by atoms with Gasteiger partial charge in [-0.05, 0) is 29.7 Å². The first-order valence-electron chi connectivity index (χ1n) is 11.8. The monoisotopic (exact) mass is 493 g/mol. The Hall–Kier alpha value is -3.85. The Kier molecular flexibility index (Phi) is 9.46. The number of ether oxygens (including phenoxy) is 1. The van der Waals surface area contributed by atoms with Crippen molar-refractivity contribution in [3.63, 3.8) is 0 Å². The van der Waals surface area contributed by atoms with Gasteiger partial charge in [0.05, 0.1) is 12.5 Å². The molecule has 0 saturated carbocycles. The molecule has 0 saturated heterocycles. The van der Waals surface area contributed by atoms with E-state index in [-0.39, 0.29) is 37.3 Å². The van der Waals surface area contributed by atoms with Gasteiger partial charge in [-0.2, -0.15) is 0 Å². The quantitative estimate of drug-likeness (QED) is 0.351. The smallest absolute Gasteiger partial charge is 0.224 e. The van der Waals surface area contributed by atoms with Crippen LogP contribution in [0.15, 0.2) is 53.1 Å². The summed E-state index contributed by atoms with van der Waals surface area (Å²) in [5, 5.41) is 11.0. The molecule has 1 aromatic heterocycles. The van der Waals surface area contributed by atoms with Crippen LogP contribution in [0.25, 0.3) is 10.8 Å². The Balaban J connectivity index is 1.69. The second-order valence-corrected chi connectivity index (χ2v) is 8.65. The molecule has 2 N–H and O–H groups in total. The van der Waals surface area contributed by atoms with Crippen molar-refractivity contribution in [2.24, 2.45) is 5.92 Å². The predicted molar refractivity (Wildman–Crippen MR) is 133 cm³/mol. The number of methoxy groups -OCH3 is 1. The van der Waals surface area contributed by atoms with E-state index in [1.165, 1.54) is 20.2 Å². The van der Waals surface area contributed by atoms with Gasteiger partial charge in [-0.15, -0.1) is 0 Å². The van der Waals surface area contributed by atoms with Crippen molar-refractivity contribution in [1.29, 1.82) is 0 Å². The summed E-state index contributed by atoms with van der Waals surface area (Å²) in [4.78, 5) is 50.8. The SMILES string of the molecule is CNC(=O)C[C@H](CC(=O)c1cc(C)on1)C(=O)N[C@@H](COC)C(=O)CCc1cccc2ccccc12. The standard InChI is InChI=1S/C27H31N3O6/c1-17-13-22(30-36-17)25(32)14-20(15-26(33)28-2)27(34)29-23(16-35-3)24(31)12-11-19-9-6-8-18-7-4-5-10-21(18)19/h4-10,13,20,23H,11-12,14-16H2,1-3H3,(H,28,33)(H,29,34)/t20-,23-/m0/s1. The summed E-state index contributed by atoms with van der Waals surface area (Å²) in [6.07, 6.45) is 0.228. The number of ketones is 2. The van der Waals surface area contributed by atoms with E-state index < -0.39 is 29.6 Å². The van der Waals surface area contributed by atoms with Crippen LogP contribution >= 0.6 is 0 Å². The molecule has 2 amide bonds. The number of carbonyl (C=O) groups excluding carboxylic acids is 4. The Morgan fingerprint density at radius 2 is 1.81 bits per heavy atom. The third-order valence-electron chi connectivity index (χ3n) is 5.99. The van der Waals surface area contributed by atoms with Crippen LogP contribution in [-0.4, -0.2) is 55.3 Å². The van der Waals surface area contributed by atoms with Crippen molar-refractivity contribution >= 4 is 34.2 Å². The third-order valence-corrected chi connectivity index (χ3v) is 5.99. The van der Waals surface area contributed by atoms with Crippen LogP contribution in [-0.2, 0) is 25.5 Å². The van der Waals surface area contributed by atoms with Crippen LogP contribution in [0.5, 0.6) is 0 Å². The van der Waals surface area contributed by atoms with E-state index in [1.807, 2.05) is 42.5 Å². The van der Waals surface area contributed by atoms with Gasteiger partial charge in [0.25, 0.3) is 0 Å². The molecule has 3 aromatic rings. The summed E-state index contributed by atoms with van der Waals surface area (Å²) in [7, 11) is 2.89. The van der Waals surface area contributed by atoms with Gasteiger partial charge in [-0.1, -0.05) is 47.6 Å². The summed E-state index contributed by atoms with van der Waals surface area (Å²) in [6, 6.07) is 14.5. The number of benzene rings is 2. The van der Waals surface area contributed by atoms with Gasteiger partial charge in [0.15, 0.2) is 11.6 Å². The molecular formula is C27H31N3O6. The number of rotatable bonds is 13. The van der Waals surface area contributed by atoms with Gasteiger partial charge < -0.3 is 19.9 Å². The molecular weight excluding hydrogens is 462 g/mol. The molecule has 0 aliphatic carbocycles. The second kappa shape index (κ2) is 12.7. The highest BCUT2D eigenvalue weighted by atomic mass is 16.5. The van der Waals surface area contributed by atoms with Gasteiger partial charge in [0.1, 0.15) is 17.5 Å². The van der Waals surface area contributed by atoms with E-state index in [9.17, 15) is 19.2 Å². The highest BCUT2D eigenvalue weighted by Gasteiger charge is 2.30. The van der Waals surface area contributed by atoms with Gasteiger partial charge in [0.2, 0.25) is 11.8 Å². The number of carbonyl (C=O) groups is 4. The first-order valence-corrected chi connectivity index (χ1v) is 11.8. The Bertz CT molecular complexity index is 1230. The molecule has 1 heterocycles. The van der Waals surface area contributed by atoms with Crippen LogP contribution in [0.4, 0.5) is 0 Å². The van der Waals surface area contributed by atoms with Crippen LogP contribution in [0.1, 0.15) is 41.1 Å². The summed E-state index contributed by atoms with van der Waals surface area (Å²) in [5.74, 6) is -2.13. The lowest BCUT2D eigenvalue weighted by Gasteiger charge is -2.21. The lowest BCUT2D eigenvalue weighted by Crippen LogP contribution is -2.47. The Labute approximate surface area is 209 Å². The topological polar surface area (TPSA) is 128 Å². The lowest BCUT2D eigenvalue weighted by atomic mass is 9.94. The first-order chi connectivity index (χ1) is 17.3.